The van der Waals surface area contributed by atoms with Gasteiger partial charge in [-0.05, 0) is 64.5 Å². The number of hydrogen-bond acceptors (Lipinski definition) is 8. The van der Waals surface area contributed by atoms with E-state index in [1.54, 1.807) is 0 Å². The number of rotatable bonds is 18. The molecule has 1 aliphatic heterocycles. The van der Waals surface area contributed by atoms with E-state index in [0.29, 0.717) is 45.2 Å². The van der Waals surface area contributed by atoms with E-state index in [-0.39, 0.29) is 37.7 Å². The number of aliphatic carboxylic acids is 1. The second-order valence-corrected chi connectivity index (χ2v) is 8.91. The second-order valence-electron chi connectivity index (χ2n) is 8.91. The van der Waals surface area contributed by atoms with Crippen LogP contribution in [0.15, 0.2) is 4.99 Å². The Kier molecular flexibility index (Phi) is 14.6. The number of carboxylic acids is 1. The topological polar surface area (TPSA) is 270 Å². The Labute approximate surface area is 215 Å². The van der Waals surface area contributed by atoms with Crippen molar-refractivity contribution in [2.75, 3.05) is 19.6 Å². The Hall–Kier alpha value is -3.46. The first-order valence-corrected chi connectivity index (χ1v) is 12.5. The van der Waals surface area contributed by atoms with Crippen molar-refractivity contribution in [2.45, 2.75) is 82.0 Å². The van der Waals surface area contributed by atoms with Gasteiger partial charge in [-0.2, -0.15) is 0 Å². The number of hydrogen-bond donors (Lipinski definition) is 9. The fraction of sp³-hybridized carbons (Fsp3) is 0.727. The number of primary amides is 1. The van der Waals surface area contributed by atoms with Crippen molar-refractivity contribution < 1.29 is 29.1 Å². The fourth-order valence-corrected chi connectivity index (χ4v) is 3.80. The number of nitrogens with two attached hydrogens (primary N) is 4. The van der Waals surface area contributed by atoms with Gasteiger partial charge in [0.25, 0.3) is 0 Å². The number of nitrogens with zero attached hydrogens (tertiary/aromatic N) is 1. The van der Waals surface area contributed by atoms with Crippen LogP contribution in [-0.2, 0) is 24.0 Å². The molecule has 210 valence electrons. The molecular weight excluding hydrogens is 486 g/mol. The van der Waals surface area contributed by atoms with Gasteiger partial charge in [-0.3, -0.25) is 24.2 Å². The Bertz CT molecular complexity index is 812. The zero-order chi connectivity index (χ0) is 27.8. The highest BCUT2D eigenvalue weighted by molar-refractivity contribution is 5.94. The van der Waals surface area contributed by atoms with Crippen molar-refractivity contribution in [1.82, 2.24) is 21.3 Å². The number of carbonyl (C=O) groups excluding carboxylic acids is 4. The van der Waals surface area contributed by atoms with Crippen LogP contribution in [0.2, 0.25) is 0 Å². The van der Waals surface area contributed by atoms with Crippen LogP contribution >= 0.6 is 0 Å². The van der Waals surface area contributed by atoms with Crippen molar-refractivity contribution >= 4 is 35.6 Å². The van der Waals surface area contributed by atoms with Crippen molar-refractivity contribution in [2.24, 2.45) is 27.9 Å². The summed E-state index contributed by atoms with van der Waals surface area (Å²) in [7, 11) is 0. The molecule has 15 nitrogen and oxygen atoms in total. The SMILES string of the molecule is NCCCCC(NC(=O)C1CCCN1)C(=O)NC(CCCN=C(N)N)C(=O)NC(CCC(N)=O)C(=O)O. The molecule has 0 aromatic heterocycles. The van der Waals surface area contributed by atoms with Gasteiger partial charge in [0.1, 0.15) is 18.1 Å². The summed E-state index contributed by atoms with van der Waals surface area (Å²) in [5.74, 6) is -3.86. The number of guanidine groups is 1. The number of carboxylic acid groups (broad SMARTS) is 1. The molecule has 1 fully saturated rings. The van der Waals surface area contributed by atoms with Crippen LogP contribution in [-0.4, -0.2) is 84.5 Å². The van der Waals surface area contributed by atoms with E-state index in [1.165, 1.54) is 0 Å². The Morgan fingerprint density at radius 2 is 1.51 bits per heavy atom. The van der Waals surface area contributed by atoms with Gasteiger partial charge in [-0.1, -0.05) is 0 Å². The Balaban J connectivity index is 2.97. The normalized spacial score (nSPS) is 17.2. The number of aliphatic imine (C=N–C) groups is 1. The van der Waals surface area contributed by atoms with E-state index in [2.05, 4.69) is 26.3 Å². The molecule has 0 aromatic carbocycles. The molecule has 1 heterocycles. The molecule has 1 rings (SSSR count). The first-order valence-electron chi connectivity index (χ1n) is 12.5. The summed E-state index contributed by atoms with van der Waals surface area (Å²) in [6.45, 7) is 1.31. The van der Waals surface area contributed by atoms with Gasteiger partial charge in [0.05, 0.1) is 6.04 Å². The highest BCUT2D eigenvalue weighted by Gasteiger charge is 2.31. The van der Waals surface area contributed by atoms with E-state index in [4.69, 9.17) is 22.9 Å². The van der Waals surface area contributed by atoms with Crippen LogP contribution in [0.1, 0.15) is 57.8 Å². The van der Waals surface area contributed by atoms with E-state index >= 15 is 0 Å². The molecule has 15 heteroatoms. The van der Waals surface area contributed by atoms with Gasteiger partial charge in [0, 0.05) is 13.0 Å². The van der Waals surface area contributed by atoms with Crippen LogP contribution < -0.4 is 44.2 Å². The minimum Gasteiger partial charge on any atom is -0.480 e. The minimum absolute atomic E-state index is 0.0875. The minimum atomic E-state index is -1.38. The average molecular weight is 528 g/mol. The summed E-state index contributed by atoms with van der Waals surface area (Å²) in [4.78, 5) is 65.3. The lowest BCUT2D eigenvalue weighted by Crippen LogP contribution is -2.57. The number of carbonyl (C=O) groups is 5. The molecule has 0 saturated carbocycles. The van der Waals surface area contributed by atoms with Crippen LogP contribution in [0.5, 0.6) is 0 Å². The zero-order valence-electron chi connectivity index (χ0n) is 21.0. The Morgan fingerprint density at radius 3 is 2.05 bits per heavy atom. The smallest absolute Gasteiger partial charge is 0.326 e. The third-order valence-corrected chi connectivity index (χ3v) is 5.83. The lowest BCUT2D eigenvalue weighted by atomic mass is 10.0. The van der Waals surface area contributed by atoms with E-state index in [1.807, 2.05) is 0 Å². The third kappa shape index (κ3) is 12.9. The maximum absolute atomic E-state index is 13.2. The first-order chi connectivity index (χ1) is 17.5. The van der Waals surface area contributed by atoms with Gasteiger partial charge < -0.3 is 49.3 Å². The van der Waals surface area contributed by atoms with Gasteiger partial charge >= 0.3 is 5.97 Å². The van der Waals surface area contributed by atoms with Crippen LogP contribution in [0.4, 0.5) is 0 Å². The maximum Gasteiger partial charge on any atom is 0.326 e. The molecule has 0 bridgehead atoms. The molecular formula is C22H41N9O6. The lowest BCUT2D eigenvalue weighted by Gasteiger charge is -2.25. The van der Waals surface area contributed by atoms with Gasteiger partial charge in [-0.25, -0.2) is 4.79 Å². The predicted octanol–water partition coefficient (Wildman–Crippen LogP) is -3.27. The largest absolute Gasteiger partial charge is 0.480 e. The molecule has 1 aliphatic rings. The summed E-state index contributed by atoms with van der Waals surface area (Å²) < 4.78 is 0. The lowest BCUT2D eigenvalue weighted by molar-refractivity contribution is -0.142. The number of unbranched alkanes of at least 4 members (excludes halogenated alkanes) is 1. The average Bonchev–Trinajstić information content (AvgIpc) is 3.37. The summed E-state index contributed by atoms with van der Waals surface area (Å²) in [5.41, 5.74) is 21.3. The number of nitrogens with one attached hydrogen (secondary N) is 4. The van der Waals surface area contributed by atoms with Gasteiger partial charge in [-0.15, -0.1) is 0 Å². The van der Waals surface area contributed by atoms with Crippen LogP contribution in [0.3, 0.4) is 0 Å². The molecule has 13 N–H and O–H groups in total. The molecule has 0 aromatic rings. The summed E-state index contributed by atoms with van der Waals surface area (Å²) in [6, 6.07) is -3.84. The molecule has 37 heavy (non-hydrogen) atoms. The number of amides is 4. The van der Waals surface area contributed by atoms with E-state index < -0.39 is 47.9 Å². The van der Waals surface area contributed by atoms with Crippen molar-refractivity contribution in [3.05, 3.63) is 0 Å². The standard InChI is InChI=1S/C22H41N9O6/c23-10-2-1-5-14(29-18(33)13-6-3-11-27-13)19(34)30-15(7-4-12-28-22(25)26)20(35)31-16(21(36)37)8-9-17(24)32/h13-16,27H,1-12,23H2,(H2,24,32)(H,29,33)(H,30,34)(H,31,35)(H,36,37)(H4,25,26,28). The highest BCUT2D eigenvalue weighted by Crippen LogP contribution is 2.09. The molecule has 4 amide bonds. The van der Waals surface area contributed by atoms with Crippen LogP contribution in [0.25, 0.3) is 0 Å². The van der Waals surface area contributed by atoms with Crippen molar-refractivity contribution in [1.29, 1.82) is 0 Å². The second kappa shape index (κ2) is 17.1. The van der Waals surface area contributed by atoms with E-state index in [0.717, 1.165) is 6.42 Å². The van der Waals surface area contributed by atoms with Crippen molar-refractivity contribution in [3.8, 4) is 0 Å². The van der Waals surface area contributed by atoms with Gasteiger partial charge in [0.15, 0.2) is 5.96 Å². The van der Waals surface area contributed by atoms with E-state index in [9.17, 15) is 29.1 Å². The zero-order valence-corrected chi connectivity index (χ0v) is 21.0. The van der Waals surface area contributed by atoms with Gasteiger partial charge in [0.2, 0.25) is 23.6 Å². The summed E-state index contributed by atoms with van der Waals surface area (Å²) in [5, 5.41) is 20.2. The summed E-state index contributed by atoms with van der Waals surface area (Å²) in [6.07, 6.45) is 2.95. The molecule has 0 radical (unpaired) electrons. The molecule has 4 atom stereocenters. The van der Waals surface area contributed by atoms with Crippen molar-refractivity contribution in [3.63, 3.8) is 0 Å². The summed E-state index contributed by atoms with van der Waals surface area (Å²) >= 11 is 0. The predicted molar refractivity (Wildman–Crippen MR) is 136 cm³/mol. The maximum atomic E-state index is 13.2. The first kappa shape index (κ1) is 31.6. The monoisotopic (exact) mass is 527 g/mol. The molecule has 0 spiro atoms. The quantitative estimate of drug-likeness (QED) is 0.0487. The third-order valence-electron chi connectivity index (χ3n) is 5.83. The highest BCUT2D eigenvalue weighted by atomic mass is 16.4. The fourth-order valence-electron chi connectivity index (χ4n) is 3.80. The molecule has 4 unspecified atom stereocenters. The molecule has 1 saturated heterocycles. The van der Waals surface area contributed by atoms with Crippen LogP contribution in [0, 0.1) is 0 Å². The molecule has 0 aliphatic carbocycles. The Morgan fingerprint density at radius 1 is 0.892 bits per heavy atom.